The highest BCUT2D eigenvalue weighted by atomic mass is 32.2. The molecule has 3 aromatic rings. The first-order valence-corrected chi connectivity index (χ1v) is 13.2. The molecule has 0 fully saturated rings. The lowest BCUT2D eigenvalue weighted by Crippen LogP contribution is -2.51. The van der Waals surface area contributed by atoms with Crippen molar-refractivity contribution in [2.45, 2.75) is 50.0 Å². The molecular weight excluding hydrogens is 460 g/mol. The molecule has 0 saturated heterocycles. The third-order valence-electron chi connectivity index (χ3n) is 6.27. The normalized spacial score (nSPS) is 16.7. The van der Waals surface area contributed by atoms with Gasteiger partial charge in [-0.1, -0.05) is 82.3 Å². The number of sulfonamides is 1. The maximum atomic E-state index is 13.7. The third-order valence-corrected chi connectivity index (χ3v) is 8.06. The standard InChI is InChI=1S/C28H32N2O4S/c1-20(21-11-7-5-8-12-21)18-29-27(31)26-19-30(35(32,33)23-13-9-6-10-14-23)24-17-22(28(2,3)4)15-16-25(24)34-26/h5-17,20,26H,18-19H2,1-4H3,(H,29,31)/t20-,26+/m1/s1. The van der Waals surface area contributed by atoms with Gasteiger partial charge in [0, 0.05) is 6.54 Å². The Bertz CT molecular complexity index is 1290. The molecule has 0 bridgehead atoms. The second kappa shape index (κ2) is 9.74. The second-order valence-corrected chi connectivity index (χ2v) is 11.8. The molecule has 3 aromatic carbocycles. The van der Waals surface area contributed by atoms with Gasteiger partial charge in [-0.25, -0.2) is 8.42 Å². The molecule has 0 aliphatic carbocycles. The number of hydrogen-bond acceptors (Lipinski definition) is 4. The van der Waals surface area contributed by atoms with Crippen molar-refractivity contribution in [1.82, 2.24) is 5.32 Å². The van der Waals surface area contributed by atoms with E-state index in [2.05, 4.69) is 26.1 Å². The van der Waals surface area contributed by atoms with E-state index in [9.17, 15) is 13.2 Å². The Hall–Kier alpha value is -3.32. The maximum Gasteiger partial charge on any atom is 0.264 e. The fourth-order valence-corrected chi connectivity index (χ4v) is 5.56. The van der Waals surface area contributed by atoms with Crippen molar-refractivity contribution >= 4 is 21.6 Å². The Kier molecular flexibility index (Phi) is 6.90. The first-order chi connectivity index (χ1) is 16.6. The van der Waals surface area contributed by atoms with Gasteiger partial charge in [0.1, 0.15) is 5.75 Å². The van der Waals surface area contributed by atoms with Crippen LogP contribution in [-0.2, 0) is 20.2 Å². The van der Waals surface area contributed by atoms with Crippen LogP contribution in [0.15, 0.2) is 83.8 Å². The van der Waals surface area contributed by atoms with Gasteiger partial charge in [0.25, 0.3) is 15.9 Å². The summed E-state index contributed by atoms with van der Waals surface area (Å²) >= 11 is 0. The number of benzene rings is 3. The summed E-state index contributed by atoms with van der Waals surface area (Å²) in [5.41, 5.74) is 2.36. The number of carbonyl (C=O) groups excluding carboxylic acids is 1. The number of nitrogens with zero attached hydrogens (tertiary/aromatic N) is 1. The van der Waals surface area contributed by atoms with E-state index in [1.165, 1.54) is 4.31 Å². The molecule has 184 valence electrons. The summed E-state index contributed by atoms with van der Waals surface area (Å²) < 4.78 is 34.7. The summed E-state index contributed by atoms with van der Waals surface area (Å²) in [6.45, 7) is 8.55. The Labute approximate surface area is 208 Å². The van der Waals surface area contributed by atoms with E-state index in [0.717, 1.165) is 11.1 Å². The predicted octanol–water partition coefficient (Wildman–Crippen LogP) is 4.86. The van der Waals surface area contributed by atoms with E-state index >= 15 is 0 Å². The van der Waals surface area contributed by atoms with Crippen LogP contribution in [0.5, 0.6) is 5.75 Å². The number of ether oxygens (including phenoxy) is 1. The zero-order valence-corrected chi connectivity index (χ0v) is 21.4. The fraction of sp³-hybridized carbons (Fsp3) is 0.321. The SMILES string of the molecule is C[C@H](CNC(=O)[C@@H]1CN(S(=O)(=O)c2ccccc2)c2cc(C(C)(C)C)ccc2O1)c1ccccc1. The van der Waals surface area contributed by atoms with E-state index in [0.29, 0.717) is 18.0 Å². The lowest BCUT2D eigenvalue weighted by molar-refractivity contribution is -0.127. The van der Waals surface area contributed by atoms with Crippen molar-refractivity contribution in [2.24, 2.45) is 0 Å². The fourth-order valence-electron chi connectivity index (χ4n) is 4.07. The lowest BCUT2D eigenvalue weighted by atomic mass is 9.86. The average Bonchev–Trinajstić information content (AvgIpc) is 2.86. The maximum absolute atomic E-state index is 13.7. The minimum absolute atomic E-state index is 0.106. The Morgan fingerprint density at radius 1 is 1.03 bits per heavy atom. The molecule has 7 heteroatoms. The number of hydrogen-bond donors (Lipinski definition) is 1. The smallest absolute Gasteiger partial charge is 0.264 e. The molecule has 1 heterocycles. The molecular formula is C28H32N2O4S. The topological polar surface area (TPSA) is 75.7 Å². The lowest BCUT2D eigenvalue weighted by Gasteiger charge is -2.36. The van der Waals surface area contributed by atoms with Gasteiger partial charge >= 0.3 is 0 Å². The van der Waals surface area contributed by atoms with Gasteiger partial charge in [-0.05, 0) is 46.7 Å². The number of nitrogens with one attached hydrogen (secondary N) is 1. The third kappa shape index (κ3) is 5.35. The summed E-state index contributed by atoms with van der Waals surface area (Å²) in [5, 5.41) is 2.94. The first-order valence-electron chi connectivity index (χ1n) is 11.8. The molecule has 0 unspecified atom stereocenters. The second-order valence-electron chi connectivity index (χ2n) is 9.95. The van der Waals surface area contributed by atoms with Gasteiger partial charge in [0.15, 0.2) is 6.10 Å². The zero-order chi connectivity index (χ0) is 25.2. The highest BCUT2D eigenvalue weighted by molar-refractivity contribution is 7.92. The molecule has 1 aliphatic rings. The van der Waals surface area contributed by atoms with Crippen molar-refractivity contribution < 1.29 is 17.9 Å². The molecule has 4 rings (SSSR count). The predicted molar refractivity (Wildman–Crippen MR) is 138 cm³/mol. The monoisotopic (exact) mass is 492 g/mol. The minimum atomic E-state index is -3.91. The Balaban J connectivity index is 1.63. The quantitative estimate of drug-likeness (QED) is 0.533. The van der Waals surface area contributed by atoms with Crippen LogP contribution in [0.4, 0.5) is 5.69 Å². The number of carbonyl (C=O) groups is 1. The zero-order valence-electron chi connectivity index (χ0n) is 20.6. The van der Waals surface area contributed by atoms with Crippen molar-refractivity contribution in [3.63, 3.8) is 0 Å². The van der Waals surface area contributed by atoms with Crippen LogP contribution in [0.3, 0.4) is 0 Å². The van der Waals surface area contributed by atoms with Gasteiger partial charge < -0.3 is 10.1 Å². The summed E-state index contributed by atoms with van der Waals surface area (Å²) in [6.07, 6.45) is -0.968. The van der Waals surface area contributed by atoms with Gasteiger partial charge in [-0.2, -0.15) is 0 Å². The van der Waals surface area contributed by atoms with E-state index in [4.69, 9.17) is 4.74 Å². The van der Waals surface area contributed by atoms with Crippen molar-refractivity contribution in [2.75, 3.05) is 17.4 Å². The van der Waals surface area contributed by atoms with Crippen molar-refractivity contribution in [3.8, 4) is 5.75 Å². The highest BCUT2D eigenvalue weighted by Gasteiger charge is 2.38. The van der Waals surface area contributed by atoms with Gasteiger partial charge in [0.2, 0.25) is 0 Å². The Morgan fingerprint density at radius 2 is 1.66 bits per heavy atom. The molecule has 35 heavy (non-hydrogen) atoms. The van der Waals surface area contributed by atoms with Crippen LogP contribution < -0.4 is 14.4 Å². The van der Waals surface area contributed by atoms with Crippen molar-refractivity contribution in [3.05, 3.63) is 90.0 Å². The minimum Gasteiger partial charge on any atom is -0.476 e. The van der Waals surface area contributed by atoms with Crippen LogP contribution in [0, 0.1) is 0 Å². The molecule has 1 aliphatic heterocycles. The van der Waals surface area contributed by atoms with Crippen LogP contribution in [0.1, 0.15) is 44.7 Å². The molecule has 0 aromatic heterocycles. The van der Waals surface area contributed by atoms with E-state index < -0.39 is 16.1 Å². The van der Waals surface area contributed by atoms with Crippen LogP contribution in [0.2, 0.25) is 0 Å². The van der Waals surface area contributed by atoms with Crippen LogP contribution in [-0.4, -0.2) is 33.5 Å². The number of rotatable bonds is 6. The van der Waals surface area contributed by atoms with Crippen LogP contribution >= 0.6 is 0 Å². The highest BCUT2D eigenvalue weighted by Crippen LogP contribution is 2.40. The summed E-state index contributed by atoms with van der Waals surface area (Å²) in [7, 11) is -3.91. The molecule has 0 saturated carbocycles. The van der Waals surface area contributed by atoms with E-state index in [-0.39, 0.29) is 28.7 Å². The van der Waals surface area contributed by atoms with E-state index in [1.54, 1.807) is 36.4 Å². The first kappa shape index (κ1) is 24.8. The van der Waals surface area contributed by atoms with Crippen LogP contribution in [0.25, 0.3) is 0 Å². The molecule has 1 N–H and O–H groups in total. The number of anilines is 1. The molecule has 1 amide bonds. The molecule has 6 nitrogen and oxygen atoms in total. The largest absolute Gasteiger partial charge is 0.476 e. The molecule has 2 atom stereocenters. The van der Waals surface area contributed by atoms with E-state index in [1.807, 2.05) is 49.4 Å². The molecule has 0 spiro atoms. The van der Waals surface area contributed by atoms with Gasteiger partial charge in [0.05, 0.1) is 17.1 Å². The Morgan fingerprint density at radius 3 is 2.29 bits per heavy atom. The van der Waals surface area contributed by atoms with Gasteiger partial charge in [-0.15, -0.1) is 0 Å². The van der Waals surface area contributed by atoms with Gasteiger partial charge in [-0.3, -0.25) is 9.10 Å². The molecule has 0 radical (unpaired) electrons. The summed E-state index contributed by atoms with van der Waals surface area (Å²) in [6, 6.07) is 23.7. The summed E-state index contributed by atoms with van der Waals surface area (Å²) in [5.74, 6) is 0.140. The number of amides is 1. The average molecular weight is 493 g/mol. The summed E-state index contributed by atoms with van der Waals surface area (Å²) in [4.78, 5) is 13.3. The number of fused-ring (bicyclic) bond motifs is 1. The van der Waals surface area contributed by atoms with Crippen molar-refractivity contribution in [1.29, 1.82) is 0 Å².